The maximum Gasteiger partial charge on any atom is 0.225 e. The maximum atomic E-state index is 12.5. The molecule has 1 aliphatic heterocycles. The van der Waals surface area contributed by atoms with Crippen LogP contribution in [-0.2, 0) is 24.1 Å². The molecule has 25 heavy (non-hydrogen) atoms. The molecule has 2 aromatic rings. The Balaban J connectivity index is 1.43. The van der Waals surface area contributed by atoms with Gasteiger partial charge in [-0.25, -0.2) is 9.97 Å². The molecule has 130 valence electrons. The number of carbonyl (C=O) groups excluding carboxylic acids is 1. The van der Waals surface area contributed by atoms with Crippen LogP contribution in [0.1, 0.15) is 35.7 Å². The third-order valence-electron chi connectivity index (χ3n) is 5.37. The predicted octanol–water partition coefficient (Wildman–Crippen LogP) is 2.53. The Morgan fingerprint density at radius 3 is 2.60 bits per heavy atom. The molecule has 0 radical (unpaired) electrons. The van der Waals surface area contributed by atoms with Gasteiger partial charge in [-0.2, -0.15) is 0 Å². The summed E-state index contributed by atoms with van der Waals surface area (Å²) in [7, 11) is 0. The lowest BCUT2D eigenvalue weighted by Gasteiger charge is -2.24. The van der Waals surface area contributed by atoms with Gasteiger partial charge in [0.05, 0.1) is 6.04 Å². The van der Waals surface area contributed by atoms with Gasteiger partial charge in [-0.3, -0.25) is 4.79 Å². The highest BCUT2D eigenvalue weighted by Gasteiger charge is 2.37. The lowest BCUT2D eigenvalue weighted by atomic mass is 10.1. The third-order valence-corrected chi connectivity index (χ3v) is 5.37. The second kappa shape index (κ2) is 6.47. The van der Waals surface area contributed by atoms with Crippen LogP contribution in [0.4, 0.5) is 5.95 Å². The van der Waals surface area contributed by atoms with Crippen molar-refractivity contribution in [3.8, 4) is 0 Å². The van der Waals surface area contributed by atoms with E-state index < -0.39 is 0 Å². The van der Waals surface area contributed by atoms with E-state index in [9.17, 15) is 4.79 Å². The number of aromatic nitrogens is 2. The fourth-order valence-electron chi connectivity index (χ4n) is 4.02. The number of benzene rings is 1. The van der Waals surface area contributed by atoms with E-state index in [1.807, 2.05) is 18.0 Å². The summed E-state index contributed by atoms with van der Waals surface area (Å²) in [5.74, 6) is 0.870. The van der Waals surface area contributed by atoms with E-state index in [0.29, 0.717) is 18.4 Å². The van der Waals surface area contributed by atoms with Gasteiger partial charge in [0, 0.05) is 30.9 Å². The number of rotatable bonds is 4. The molecule has 1 aromatic carbocycles. The van der Waals surface area contributed by atoms with Crippen molar-refractivity contribution in [1.29, 1.82) is 0 Å². The molecule has 0 spiro atoms. The van der Waals surface area contributed by atoms with Crippen molar-refractivity contribution in [2.45, 2.75) is 51.6 Å². The zero-order valence-corrected chi connectivity index (χ0v) is 14.8. The highest BCUT2D eigenvalue weighted by molar-refractivity contribution is 5.80. The Morgan fingerprint density at radius 2 is 1.92 bits per heavy atom. The second-order valence-electron chi connectivity index (χ2n) is 7.10. The summed E-state index contributed by atoms with van der Waals surface area (Å²) < 4.78 is 0. The van der Waals surface area contributed by atoms with Crippen LogP contribution < -0.4 is 5.32 Å². The zero-order chi connectivity index (χ0) is 17.4. The van der Waals surface area contributed by atoms with E-state index in [0.717, 1.165) is 37.1 Å². The molecule has 0 saturated carbocycles. The Morgan fingerprint density at radius 1 is 1.20 bits per heavy atom. The fourth-order valence-corrected chi connectivity index (χ4v) is 4.02. The molecule has 5 heteroatoms. The summed E-state index contributed by atoms with van der Waals surface area (Å²) in [5.41, 5.74) is 4.93. The standard InChI is InChI=1S/C20H24N4O/c1-3-18-13(2)11-21-20(23-18)22-16-10-19(25)24(12-16)17-8-14-6-4-5-7-15(14)9-17/h4-7,11,16-17H,3,8-10,12H2,1-2H3,(H,21,22,23)/t16-/m0/s1. The second-order valence-corrected chi connectivity index (χ2v) is 7.10. The molecule has 4 rings (SSSR count). The molecule has 2 aliphatic rings. The molecule has 2 heterocycles. The van der Waals surface area contributed by atoms with Crippen molar-refractivity contribution in [3.05, 3.63) is 52.8 Å². The molecular weight excluding hydrogens is 312 g/mol. The smallest absolute Gasteiger partial charge is 0.225 e. The van der Waals surface area contributed by atoms with Crippen LogP contribution in [0.25, 0.3) is 0 Å². The Kier molecular flexibility index (Phi) is 4.15. The van der Waals surface area contributed by atoms with E-state index in [4.69, 9.17) is 0 Å². The molecule has 1 aromatic heterocycles. The van der Waals surface area contributed by atoms with E-state index in [-0.39, 0.29) is 11.9 Å². The monoisotopic (exact) mass is 336 g/mol. The van der Waals surface area contributed by atoms with Crippen LogP contribution in [0.5, 0.6) is 0 Å². The Hall–Kier alpha value is -2.43. The lowest BCUT2D eigenvalue weighted by Crippen LogP contribution is -2.38. The molecule has 5 nitrogen and oxygen atoms in total. The third kappa shape index (κ3) is 3.11. The van der Waals surface area contributed by atoms with Crippen molar-refractivity contribution in [2.75, 3.05) is 11.9 Å². The van der Waals surface area contributed by atoms with Crippen LogP contribution in [0.3, 0.4) is 0 Å². The molecular formula is C20H24N4O. The SMILES string of the molecule is CCc1nc(N[C@H]2CC(=O)N(C3Cc4ccccc4C3)C2)ncc1C. The van der Waals surface area contributed by atoms with E-state index in [2.05, 4.69) is 46.5 Å². The minimum Gasteiger partial charge on any atom is -0.349 e. The van der Waals surface area contributed by atoms with Gasteiger partial charge in [-0.15, -0.1) is 0 Å². The number of amides is 1. The quantitative estimate of drug-likeness (QED) is 0.932. The first-order valence-electron chi connectivity index (χ1n) is 9.09. The van der Waals surface area contributed by atoms with Gasteiger partial charge in [-0.05, 0) is 42.9 Å². The Labute approximate surface area is 148 Å². The lowest BCUT2D eigenvalue weighted by molar-refractivity contribution is -0.129. The van der Waals surface area contributed by atoms with Crippen molar-refractivity contribution in [2.24, 2.45) is 0 Å². The maximum absolute atomic E-state index is 12.5. The van der Waals surface area contributed by atoms with Gasteiger partial charge in [0.25, 0.3) is 0 Å². The summed E-state index contributed by atoms with van der Waals surface area (Å²) in [4.78, 5) is 23.5. The first kappa shape index (κ1) is 16.1. The van der Waals surface area contributed by atoms with Crippen LogP contribution in [-0.4, -0.2) is 39.4 Å². The number of hydrogen-bond donors (Lipinski definition) is 1. The molecule has 1 N–H and O–H groups in total. The van der Waals surface area contributed by atoms with Crippen molar-refractivity contribution in [1.82, 2.24) is 14.9 Å². The molecule has 1 amide bonds. The minimum atomic E-state index is 0.0867. The fraction of sp³-hybridized carbons (Fsp3) is 0.450. The zero-order valence-electron chi connectivity index (χ0n) is 14.8. The summed E-state index contributed by atoms with van der Waals surface area (Å²) in [6, 6.07) is 8.90. The number of likely N-dealkylation sites (tertiary alicyclic amines) is 1. The predicted molar refractivity (Wildman–Crippen MR) is 97.5 cm³/mol. The summed E-state index contributed by atoms with van der Waals surface area (Å²) >= 11 is 0. The minimum absolute atomic E-state index is 0.0867. The van der Waals surface area contributed by atoms with Gasteiger partial charge < -0.3 is 10.2 Å². The number of aryl methyl sites for hydroxylation is 2. The average molecular weight is 336 g/mol. The largest absolute Gasteiger partial charge is 0.349 e. The number of nitrogens with zero attached hydrogens (tertiary/aromatic N) is 3. The van der Waals surface area contributed by atoms with Gasteiger partial charge in [0.15, 0.2) is 0 Å². The van der Waals surface area contributed by atoms with E-state index in [1.54, 1.807) is 0 Å². The molecule has 0 unspecified atom stereocenters. The molecule has 1 fully saturated rings. The van der Waals surface area contributed by atoms with Crippen molar-refractivity contribution >= 4 is 11.9 Å². The number of fused-ring (bicyclic) bond motifs is 1. The van der Waals surface area contributed by atoms with E-state index >= 15 is 0 Å². The topological polar surface area (TPSA) is 58.1 Å². The van der Waals surface area contributed by atoms with Gasteiger partial charge in [0.2, 0.25) is 11.9 Å². The first-order valence-corrected chi connectivity index (χ1v) is 9.09. The normalized spacial score (nSPS) is 20.2. The molecule has 1 atom stereocenters. The van der Waals surface area contributed by atoms with Crippen LogP contribution in [0.2, 0.25) is 0 Å². The number of hydrogen-bond acceptors (Lipinski definition) is 4. The first-order chi connectivity index (χ1) is 12.1. The highest BCUT2D eigenvalue weighted by atomic mass is 16.2. The molecule has 1 aliphatic carbocycles. The highest BCUT2D eigenvalue weighted by Crippen LogP contribution is 2.28. The van der Waals surface area contributed by atoms with Crippen LogP contribution in [0, 0.1) is 6.92 Å². The van der Waals surface area contributed by atoms with Crippen molar-refractivity contribution in [3.63, 3.8) is 0 Å². The summed E-state index contributed by atoms with van der Waals surface area (Å²) in [6.07, 6.45) is 5.20. The van der Waals surface area contributed by atoms with Crippen LogP contribution in [0.15, 0.2) is 30.5 Å². The van der Waals surface area contributed by atoms with E-state index in [1.165, 1.54) is 11.1 Å². The summed E-state index contributed by atoms with van der Waals surface area (Å²) in [5, 5.41) is 3.36. The number of carbonyl (C=O) groups is 1. The van der Waals surface area contributed by atoms with Gasteiger partial charge in [0.1, 0.15) is 0 Å². The molecule has 0 bridgehead atoms. The summed E-state index contributed by atoms with van der Waals surface area (Å²) in [6.45, 7) is 4.86. The number of nitrogens with one attached hydrogen (secondary N) is 1. The van der Waals surface area contributed by atoms with Gasteiger partial charge >= 0.3 is 0 Å². The van der Waals surface area contributed by atoms with Crippen LogP contribution >= 0.6 is 0 Å². The van der Waals surface area contributed by atoms with Gasteiger partial charge in [-0.1, -0.05) is 31.2 Å². The Bertz CT molecular complexity index is 779. The van der Waals surface area contributed by atoms with Crippen molar-refractivity contribution < 1.29 is 4.79 Å². The average Bonchev–Trinajstić information content (AvgIpc) is 3.19. The number of anilines is 1. The molecule has 1 saturated heterocycles.